The van der Waals surface area contributed by atoms with Crippen LogP contribution in [0.2, 0.25) is 0 Å². The van der Waals surface area contributed by atoms with Gasteiger partial charge in [0, 0.05) is 3.57 Å². The van der Waals surface area contributed by atoms with Crippen LogP contribution >= 0.6 is 22.6 Å². The molecular weight excluding hydrogens is 395 g/mol. The molecule has 0 unspecified atom stereocenters. The highest BCUT2D eigenvalue weighted by Gasteiger charge is 2.24. The second-order valence-electron chi connectivity index (χ2n) is 6.00. The Hall–Kier alpha value is -1.17. The highest BCUT2D eigenvalue weighted by Crippen LogP contribution is 2.41. The molecule has 0 amide bonds. The van der Waals surface area contributed by atoms with Crippen molar-refractivity contribution in [1.82, 2.24) is 0 Å². The molecule has 22 heavy (non-hydrogen) atoms. The average Bonchev–Trinajstić information content (AvgIpc) is 3.38. The number of nitrogens with two attached hydrogens (primary N) is 1. The van der Waals surface area contributed by atoms with Crippen LogP contribution in [0.3, 0.4) is 0 Å². The van der Waals surface area contributed by atoms with Gasteiger partial charge in [0.1, 0.15) is 11.6 Å². The van der Waals surface area contributed by atoms with Crippen LogP contribution in [-0.2, 0) is 0 Å². The second-order valence-corrected chi connectivity index (χ2v) is 7.17. The van der Waals surface area contributed by atoms with E-state index in [2.05, 4.69) is 0 Å². The van der Waals surface area contributed by atoms with E-state index in [4.69, 9.17) is 5.73 Å². The summed E-state index contributed by atoms with van der Waals surface area (Å²) in [6, 6.07) is 10.7. The number of rotatable bonds is 2. The van der Waals surface area contributed by atoms with E-state index in [1.165, 1.54) is 31.2 Å². The summed E-state index contributed by atoms with van der Waals surface area (Å²) in [5, 5.41) is 0. The smallest absolute Gasteiger partial charge is 0.146 e. The fourth-order valence-corrected chi connectivity index (χ4v) is 2.73. The molecule has 0 saturated heterocycles. The van der Waals surface area contributed by atoms with Crippen molar-refractivity contribution in [3.05, 3.63) is 62.7 Å². The lowest BCUT2D eigenvalue weighted by molar-refractivity contribution is 0.618. The molecule has 4 heteroatoms. The summed E-state index contributed by atoms with van der Waals surface area (Å²) in [7, 11) is 0. The third-order valence-electron chi connectivity index (χ3n) is 4.07. The van der Waals surface area contributed by atoms with Crippen LogP contribution in [0.5, 0.6) is 0 Å². The average molecular weight is 413 g/mol. The fraction of sp³-hybridized carbons (Fsp3) is 0.333. The molecule has 116 valence electrons. The Morgan fingerprint density at radius 1 is 0.818 bits per heavy atom. The topological polar surface area (TPSA) is 26.0 Å². The lowest BCUT2D eigenvalue weighted by atomic mass is 10.1. The maximum atomic E-state index is 13.0. The maximum Gasteiger partial charge on any atom is 0.146 e. The van der Waals surface area contributed by atoms with E-state index in [1.807, 2.05) is 40.8 Å². The molecular formula is C18H18F2IN. The standard InChI is InChI=1S/C9H8FI.C9H10FN/c2*10-8-5-7(6-1-2-6)3-4-9(8)11/h3-6H,1-2H2;3-6H,1-2,11H2. The van der Waals surface area contributed by atoms with E-state index in [9.17, 15) is 8.78 Å². The van der Waals surface area contributed by atoms with E-state index >= 15 is 0 Å². The van der Waals surface area contributed by atoms with Crippen molar-refractivity contribution in [3.8, 4) is 0 Å². The lowest BCUT2D eigenvalue weighted by Gasteiger charge is -1.99. The molecule has 4 rings (SSSR count). The van der Waals surface area contributed by atoms with Crippen LogP contribution in [0.4, 0.5) is 14.5 Å². The molecule has 0 heterocycles. The van der Waals surface area contributed by atoms with Crippen LogP contribution in [0.15, 0.2) is 36.4 Å². The Morgan fingerprint density at radius 2 is 1.32 bits per heavy atom. The quantitative estimate of drug-likeness (QED) is 0.504. The number of hydrogen-bond donors (Lipinski definition) is 1. The van der Waals surface area contributed by atoms with Gasteiger partial charge >= 0.3 is 0 Å². The second kappa shape index (κ2) is 6.52. The van der Waals surface area contributed by atoms with Gasteiger partial charge < -0.3 is 5.73 Å². The zero-order valence-corrected chi connectivity index (χ0v) is 14.3. The van der Waals surface area contributed by atoms with Crippen LogP contribution in [0.1, 0.15) is 48.6 Å². The molecule has 2 saturated carbocycles. The summed E-state index contributed by atoms with van der Waals surface area (Å²) < 4.78 is 26.5. The van der Waals surface area contributed by atoms with E-state index in [1.54, 1.807) is 18.2 Å². The molecule has 2 N–H and O–H groups in total. The summed E-state index contributed by atoms with van der Waals surface area (Å²) in [5.41, 5.74) is 7.84. The minimum absolute atomic E-state index is 0.0741. The van der Waals surface area contributed by atoms with Crippen molar-refractivity contribution in [2.45, 2.75) is 37.5 Å². The Labute approximate surface area is 143 Å². The number of halogens is 3. The molecule has 2 aliphatic rings. The molecule has 2 aliphatic carbocycles. The molecule has 0 radical (unpaired) electrons. The summed E-state index contributed by atoms with van der Waals surface area (Å²) >= 11 is 2.01. The largest absolute Gasteiger partial charge is 0.396 e. The maximum absolute atomic E-state index is 13.0. The van der Waals surface area contributed by atoms with Crippen LogP contribution in [0.25, 0.3) is 0 Å². The van der Waals surface area contributed by atoms with Crippen LogP contribution in [0, 0.1) is 15.2 Å². The first kappa shape index (κ1) is 15.7. The summed E-state index contributed by atoms with van der Waals surface area (Å²) in [4.78, 5) is 0. The van der Waals surface area contributed by atoms with E-state index in [0.717, 1.165) is 5.56 Å². The fourth-order valence-electron chi connectivity index (χ4n) is 2.40. The summed E-state index contributed by atoms with van der Waals surface area (Å²) in [6.07, 6.45) is 4.87. The number of anilines is 1. The predicted octanol–water partition coefficient (Wildman–Crippen LogP) is 5.59. The molecule has 0 bridgehead atoms. The van der Waals surface area contributed by atoms with Crippen LogP contribution in [-0.4, -0.2) is 0 Å². The van der Waals surface area contributed by atoms with Gasteiger partial charge in [-0.25, -0.2) is 8.78 Å². The van der Waals surface area contributed by atoms with Gasteiger partial charge in [-0.1, -0.05) is 12.1 Å². The Morgan fingerprint density at radius 3 is 1.77 bits per heavy atom. The Kier molecular flexibility index (Phi) is 4.66. The van der Waals surface area contributed by atoms with Crippen molar-refractivity contribution >= 4 is 28.3 Å². The van der Waals surface area contributed by atoms with Crippen molar-refractivity contribution in [2.75, 3.05) is 5.73 Å². The summed E-state index contributed by atoms with van der Waals surface area (Å²) in [6.45, 7) is 0. The van der Waals surface area contributed by atoms with Gasteiger partial charge in [0.15, 0.2) is 0 Å². The monoisotopic (exact) mass is 413 g/mol. The van der Waals surface area contributed by atoms with E-state index in [-0.39, 0.29) is 17.3 Å². The number of benzene rings is 2. The first-order valence-electron chi connectivity index (χ1n) is 7.54. The first-order valence-corrected chi connectivity index (χ1v) is 8.62. The normalized spacial score (nSPS) is 16.9. The molecule has 2 aromatic carbocycles. The van der Waals surface area contributed by atoms with Crippen molar-refractivity contribution in [3.63, 3.8) is 0 Å². The highest BCUT2D eigenvalue weighted by atomic mass is 127. The van der Waals surface area contributed by atoms with Gasteiger partial charge in [0.05, 0.1) is 5.69 Å². The van der Waals surface area contributed by atoms with E-state index < -0.39 is 0 Å². The molecule has 0 atom stereocenters. The third kappa shape index (κ3) is 3.97. The molecule has 1 nitrogen and oxygen atoms in total. The Bertz CT molecular complexity index is 619. The Balaban J connectivity index is 0.000000131. The zero-order valence-electron chi connectivity index (χ0n) is 12.2. The zero-order chi connectivity index (χ0) is 15.7. The van der Waals surface area contributed by atoms with Gasteiger partial charge in [0.2, 0.25) is 0 Å². The molecule has 0 spiro atoms. The highest BCUT2D eigenvalue weighted by molar-refractivity contribution is 14.1. The van der Waals surface area contributed by atoms with Crippen molar-refractivity contribution in [1.29, 1.82) is 0 Å². The molecule has 2 aromatic rings. The van der Waals surface area contributed by atoms with Gasteiger partial charge in [0.25, 0.3) is 0 Å². The minimum Gasteiger partial charge on any atom is -0.396 e. The van der Waals surface area contributed by atoms with Crippen LogP contribution < -0.4 is 5.73 Å². The van der Waals surface area contributed by atoms with E-state index in [0.29, 0.717) is 15.4 Å². The van der Waals surface area contributed by atoms with Gasteiger partial charge in [-0.2, -0.15) is 0 Å². The van der Waals surface area contributed by atoms with Gasteiger partial charge in [-0.05, 0) is 95.5 Å². The number of nitrogen functional groups attached to an aromatic ring is 1. The van der Waals surface area contributed by atoms with Crippen molar-refractivity contribution < 1.29 is 8.78 Å². The third-order valence-corrected chi connectivity index (χ3v) is 4.94. The lowest BCUT2D eigenvalue weighted by Crippen LogP contribution is -1.91. The number of hydrogen-bond acceptors (Lipinski definition) is 1. The molecule has 0 aromatic heterocycles. The minimum atomic E-state index is -0.283. The molecule has 0 aliphatic heterocycles. The first-order chi connectivity index (χ1) is 10.5. The van der Waals surface area contributed by atoms with Crippen molar-refractivity contribution in [2.24, 2.45) is 0 Å². The van der Waals surface area contributed by atoms with Gasteiger partial charge in [-0.15, -0.1) is 0 Å². The predicted molar refractivity (Wildman–Crippen MR) is 93.9 cm³/mol. The summed E-state index contributed by atoms with van der Waals surface area (Å²) in [5.74, 6) is 0.899. The SMILES string of the molecule is Fc1cc(C2CC2)ccc1I.Nc1ccc(C2CC2)cc1F. The van der Waals surface area contributed by atoms with Gasteiger partial charge in [-0.3, -0.25) is 0 Å². The molecule has 2 fully saturated rings.